The summed E-state index contributed by atoms with van der Waals surface area (Å²) < 4.78 is 33.6. The number of rotatable bonds is 5. The molecule has 2 N–H and O–H groups in total. The summed E-state index contributed by atoms with van der Waals surface area (Å²) in [6.45, 7) is 4.07. The first-order valence-corrected chi connectivity index (χ1v) is 12.2. The van der Waals surface area contributed by atoms with E-state index in [1.165, 1.54) is 15.9 Å². The second kappa shape index (κ2) is 8.91. The maximum Gasteiger partial charge on any atom is 0.262 e. The Labute approximate surface area is 188 Å². The van der Waals surface area contributed by atoms with Gasteiger partial charge in [-0.25, -0.2) is 8.42 Å². The zero-order valence-corrected chi connectivity index (χ0v) is 19.0. The number of hydrogen-bond donors (Lipinski definition) is 2. The lowest BCUT2D eigenvalue weighted by atomic mass is 9.98. The van der Waals surface area contributed by atoms with E-state index < -0.39 is 15.9 Å². The van der Waals surface area contributed by atoms with E-state index in [2.05, 4.69) is 17.6 Å². The summed E-state index contributed by atoms with van der Waals surface area (Å²) in [7, 11) is -3.83. The van der Waals surface area contributed by atoms with Crippen LogP contribution in [0.25, 0.3) is 0 Å². The van der Waals surface area contributed by atoms with Crippen LogP contribution < -0.4 is 15.4 Å². The molecule has 0 saturated carbocycles. The van der Waals surface area contributed by atoms with E-state index in [-0.39, 0.29) is 29.9 Å². The predicted molar refractivity (Wildman–Crippen MR) is 121 cm³/mol. The lowest BCUT2D eigenvalue weighted by Gasteiger charge is -2.32. The Morgan fingerprint density at radius 2 is 2.00 bits per heavy atom. The highest BCUT2D eigenvalue weighted by Crippen LogP contribution is 2.35. The van der Waals surface area contributed by atoms with Crippen LogP contribution in [-0.2, 0) is 26.0 Å². The van der Waals surface area contributed by atoms with Gasteiger partial charge in [-0.2, -0.15) is 4.31 Å². The molecule has 0 aliphatic carbocycles. The maximum absolute atomic E-state index is 13.4. The van der Waals surface area contributed by atoms with E-state index >= 15 is 0 Å². The molecule has 1 fully saturated rings. The Morgan fingerprint density at radius 1 is 1.25 bits per heavy atom. The minimum atomic E-state index is -3.83. The van der Waals surface area contributed by atoms with Crippen LogP contribution in [0.3, 0.4) is 0 Å². The molecule has 32 heavy (non-hydrogen) atoms. The summed E-state index contributed by atoms with van der Waals surface area (Å²) in [6, 6.07) is 10.7. The summed E-state index contributed by atoms with van der Waals surface area (Å²) in [6.07, 6.45) is 2.15. The van der Waals surface area contributed by atoms with Crippen LogP contribution in [0, 0.1) is 12.8 Å². The summed E-state index contributed by atoms with van der Waals surface area (Å²) in [5.41, 5.74) is 2.86. The third-order valence-corrected chi connectivity index (χ3v) is 7.92. The zero-order valence-electron chi connectivity index (χ0n) is 18.2. The van der Waals surface area contributed by atoms with Crippen LogP contribution in [0.2, 0.25) is 0 Å². The van der Waals surface area contributed by atoms with E-state index in [9.17, 15) is 18.0 Å². The number of ether oxygens (including phenoxy) is 1. The van der Waals surface area contributed by atoms with Gasteiger partial charge in [0.1, 0.15) is 5.75 Å². The molecule has 2 aliphatic rings. The first kappa shape index (κ1) is 22.3. The molecule has 2 aromatic rings. The average Bonchev–Trinajstić information content (AvgIpc) is 2.79. The number of aryl methyl sites for hydroxylation is 2. The van der Waals surface area contributed by atoms with Crippen molar-refractivity contribution >= 4 is 33.2 Å². The van der Waals surface area contributed by atoms with Gasteiger partial charge in [-0.05, 0) is 55.5 Å². The van der Waals surface area contributed by atoms with Gasteiger partial charge in [0.2, 0.25) is 15.9 Å². The summed E-state index contributed by atoms with van der Waals surface area (Å²) in [5, 5.41) is 5.60. The molecule has 2 aliphatic heterocycles. The molecule has 2 aromatic carbocycles. The van der Waals surface area contributed by atoms with Crippen molar-refractivity contribution in [2.75, 3.05) is 30.3 Å². The number of benzene rings is 2. The highest BCUT2D eigenvalue weighted by atomic mass is 32.2. The second-order valence-corrected chi connectivity index (χ2v) is 10.1. The van der Waals surface area contributed by atoms with Gasteiger partial charge in [0.05, 0.1) is 16.5 Å². The first-order valence-electron chi connectivity index (χ1n) is 10.7. The molecule has 4 rings (SSSR count). The predicted octanol–water partition coefficient (Wildman–Crippen LogP) is 2.93. The monoisotopic (exact) mass is 457 g/mol. The van der Waals surface area contributed by atoms with E-state index in [4.69, 9.17) is 4.74 Å². The van der Waals surface area contributed by atoms with Crippen molar-refractivity contribution < 1.29 is 22.7 Å². The number of piperidine rings is 1. The molecule has 2 heterocycles. The Hall–Kier alpha value is -2.91. The molecular formula is C23H27N3O5S. The van der Waals surface area contributed by atoms with Crippen LogP contribution >= 0.6 is 0 Å². The van der Waals surface area contributed by atoms with Crippen molar-refractivity contribution in [2.45, 2.75) is 38.0 Å². The Balaban J connectivity index is 1.51. The normalized spacial score (nSPS) is 18.9. The van der Waals surface area contributed by atoms with Crippen LogP contribution in [0.1, 0.15) is 30.9 Å². The van der Waals surface area contributed by atoms with Gasteiger partial charge >= 0.3 is 0 Å². The van der Waals surface area contributed by atoms with E-state index in [0.717, 1.165) is 6.42 Å². The standard InChI is InChI=1S/C23H27N3O5S/c1-3-16-6-8-18(9-7-16)24-23(28)17-5-4-10-26(13-17)32(29,30)21-12-20-19(11-15(21)2)25-22(27)14-31-20/h6-9,11-12,17H,3-5,10,13-14H2,1-2H3,(H,24,28)(H,25,27)/t17-/m0/s1. The summed E-state index contributed by atoms with van der Waals surface area (Å²) in [4.78, 5) is 24.5. The Morgan fingerprint density at radius 3 is 2.72 bits per heavy atom. The number of sulfonamides is 1. The molecule has 9 heteroatoms. The van der Waals surface area contributed by atoms with Gasteiger partial charge < -0.3 is 15.4 Å². The molecule has 170 valence electrons. The zero-order chi connectivity index (χ0) is 22.9. The van der Waals surface area contributed by atoms with Crippen LogP contribution in [0.15, 0.2) is 41.3 Å². The van der Waals surface area contributed by atoms with Crippen LogP contribution in [0.5, 0.6) is 5.75 Å². The molecule has 1 atom stereocenters. The topological polar surface area (TPSA) is 105 Å². The largest absolute Gasteiger partial charge is 0.482 e. The van der Waals surface area contributed by atoms with E-state index in [1.807, 2.05) is 24.3 Å². The maximum atomic E-state index is 13.4. The molecule has 2 amide bonds. The fourth-order valence-corrected chi connectivity index (χ4v) is 5.82. The summed E-state index contributed by atoms with van der Waals surface area (Å²) >= 11 is 0. The van der Waals surface area contributed by atoms with Gasteiger partial charge in [-0.3, -0.25) is 9.59 Å². The van der Waals surface area contributed by atoms with Crippen molar-refractivity contribution in [1.29, 1.82) is 0 Å². The number of nitrogens with one attached hydrogen (secondary N) is 2. The fraction of sp³-hybridized carbons (Fsp3) is 0.391. The third-order valence-electron chi connectivity index (χ3n) is 5.91. The van der Waals surface area contributed by atoms with E-state index in [0.29, 0.717) is 42.1 Å². The molecule has 0 aromatic heterocycles. The minimum absolute atomic E-state index is 0.120. The number of anilines is 2. The Bertz CT molecular complexity index is 1140. The molecule has 0 unspecified atom stereocenters. The number of nitrogens with zero attached hydrogens (tertiary/aromatic N) is 1. The average molecular weight is 458 g/mol. The van der Waals surface area contributed by atoms with Crippen molar-refractivity contribution in [2.24, 2.45) is 5.92 Å². The highest BCUT2D eigenvalue weighted by molar-refractivity contribution is 7.89. The summed E-state index contributed by atoms with van der Waals surface area (Å²) in [5.74, 6) is -0.558. The van der Waals surface area contributed by atoms with Crippen molar-refractivity contribution in [3.63, 3.8) is 0 Å². The van der Waals surface area contributed by atoms with E-state index in [1.54, 1.807) is 13.0 Å². The molecule has 0 spiro atoms. The first-order chi connectivity index (χ1) is 15.3. The number of fused-ring (bicyclic) bond motifs is 1. The second-order valence-electron chi connectivity index (χ2n) is 8.19. The van der Waals surface area contributed by atoms with Crippen molar-refractivity contribution in [3.8, 4) is 5.75 Å². The SMILES string of the molecule is CCc1ccc(NC(=O)[C@H]2CCCN(S(=O)(=O)c3cc4c(cc3C)NC(=O)CO4)C2)cc1. The highest BCUT2D eigenvalue weighted by Gasteiger charge is 2.35. The Kier molecular flexibility index (Phi) is 6.21. The molecule has 0 bridgehead atoms. The van der Waals surface area contributed by atoms with Crippen LogP contribution in [0.4, 0.5) is 11.4 Å². The lowest BCUT2D eigenvalue weighted by molar-refractivity contribution is -0.121. The lowest BCUT2D eigenvalue weighted by Crippen LogP contribution is -2.43. The smallest absolute Gasteiger partial charge is 0.262 e. The van der Waals surface area contributed by atoms with Crippen LogP contribution in [-0.4, -0.2) is 44.2 Å². The van der Waals surface area contributed by atoms with Crippen molar-refractivity contribution in [3.05, 3.63) is 47.5 Å². The number of carbonyl (C=O) groups excluding carboxylic acids is 2. The molecule has 0 radical (unpaired) electrons. The van der Waals surface area contributed by atoms with Gasteiger partial charge in [0.15, 0.2) is 6.61 Å². The minimum Gasteiger partial charge on any atom is -0.482 e. The van der Waals surface area contributed by atoms with Gasteiger partial charge in [0.25, 0.3) is 5.91 Å². The van der Waals surface area contributed by atoms with Gasteiger partial charge in [-0.1, -0.05) is 19.1 Å². The number of carbonyl (C=O) groups is 2. The van der Waals surface area contributed by atoms with Gasteiger partial charge in [0, 0.05) is 24.8 Å². The quantitative estimate of drug-likeness (QED) is 0.718. The molecule has 1 saturated heterocycles. The number of hydrogen-bond acceptors (Lipinski definition) is 5. The van der Waals surface area contributed by atoms with Crippen molar-refractivity contribution in [1.82, 2.24) is 4.31 Å². The third kappa shape index (κ3) is 4.49. The molecular weight excluding hydrogens is 430 g/mol. The van der Waals surface area contributed by atoms with Gasteiger partial charge in [-0.15, -0.1) is 0 Å². The fourth-order valence-electron chi connectivity index (χ4n) is 4.08. The molecule has 8 nitrogen and oxygen atoms in total. The number of amides is 2.